The van der Waals surface area contributed by atoms with Crippen molar-refractivity contribution < 1.29 is 4.74 Å². The second kappa shape index (κ2) is 14.9. The molecule has 0 bridgehead atoms. The Morgan fingerprint density at radius 2 is 1.27 bits per heavy atom. The molecule has 40 heavy (non-hydrogen) atoms. The van der Waals surface area contributed by atoms with Crippen LogP contribution in [0.15, 0.2) is 89.6 Å². The molecular weight excluding hydrogens is 502 g/mol. The molecular formula is C30H35N9O. The van der Waals surface area contributed by atoms with Gasteiger partial charge in [-0.25, -0.2) is 0 Å². The maximum Gasteiger partial charge on any atom is 0.231 e. The van der Waals surface area contributed by atoms with Crippen LogP contribution in [-0.4, -0.2) is 38.0 Å². The Balaban J connectivity index is 1.49. The summed E-state index contributed by atoms with van der Waals surface area (Å²) in [6, 6.07) is 17.1. The summed E-state index contributed by atoms with van der Waals surface area (Å²) in [6.45, 7) is 6.75. The topological polar surface area (TPSA) is 122 Å². The average Bonchev–Trinajstić information content (AvgIpc) is 3.00. The second-order valence-electron chi connectivity index (χ2n) is 9.11. The summed E-state index contributed by atoms with van der Waals surface area (Å²) in [4.78, 5) is 17.3. The smallest absolute Gasteiger partial charge is 0.231 e. The van der Waals surface area contributed by atoms with Gasteiger partial charge >= 0.3 is 0 Å². The first-order valence-electron chi connectivity index (χ1n) is 13.4. The van der Waals surface area contributed by atoms with Crippen LogP contribution in [0.4, 0.5) is 23.3 Å². The molecule has 0 unspecified atom stereocenters. The molecule has 0 radical (unpaired) electrons. The van der Waals surface area contributed by atoms with E-state index in [-0.39, 0.29) is 0 Å². The fourth-order valence-corrected chi connectivity index (χ4v) is 3.70. The third-order valence-corrected chi connectivity index (χ3v) is 5.98. The molecule has 0 atom stereocenters. The predicted molar refractivity (Wildman–Crippen MR) is 162 cm³/mol. The molecule has 4 rings (SSSR count). The fourth-order valence-electron chi connectivity index (χ4n) is 3.70. The monoisotopic (exact) mass is 537 g/mol. The second-order valence-corrected chi connectivity index (χ2v) is 9.11. The van der Waals surface area contributed by atoms with Crippen LogP contribution >= 0.6 is 0 Å². The molecule has 0 saturated heterocycles. The Morgan fingerprint density at radius 3 is 1.80 bits per heavy atom. The maximum atomic E-state index is 5.86. The van der Waals surface area contributed by atoms with Crippen molar-refractivity contribution >= 4 is 34.7 Å². The number of unbranched alkanes of at least 4 members (excludes halogenated alkanes) is 3. The van der Waals surface area contributed by atoms with Crippen molar-refractivity contribution in [3.8, 4) is 5.75 Å². The first-order valence-corrected chi connectivity index (χ1v) is 13.4. The molecule has 0 amide bonds. The van der Waals surface area contributed by atoms with E-state index in [1.54, 1.807) is 30.9 Å². The van der Waals surface area contributed by atoms with Crippen molar-refractivity contribution in [1.29, 1.82) is 0 Å². The minimum Gasteiger partial charge on any atom is -0.494 e. The van der Waals surface area contributed by atoms with Crippen molar-refractivity contribution in [2.45, 2.75) is 46.5 Å². The third kappa shape index (κ3) is 8.87. The zero-order valence-electron chi connectivity index (χ0n) is 23.1. The van der Waals surface area contributed by atoms with Gasteiger partial charge in [0.15, 0.2) is 11.6 Å². The van der Waals surface area contributed by atoms with Crippen LogP contribution in [0.25, 0.3) is 0 Å². The van der Waals surface area contributed by atoms with Crippen molar-refractivity contribution in [1.82, 2.24) is 19.9 Å². The Bertz CT molecular complexity index is 1320. The van der Waals surface area contributed by atoms with Crippen molar-refractivity contribution in [2.75, 3.05) is 22.8 Å². The number of aromatic nitrogens is 4. The van der Waals surface area contributed by atoms with Crippen molar-refractivity contribution in [2.24, 2.45) is 10.2 Å². The van der Waals surface area contributed by atoms with E-state index < -0.39 is 0 Å². The highest BCUT2D eigenvalue weighted by Crippen LogP contribution is 2.21. The number of anilines is 4. The van der Waals surface area contributed by atoms with Crippen LogP contribution in [0, 0.1) is 0 Å². The molecule has 206 valence electrons. The lowest BCUT2D eigenvalue weighted by molar-refractivity contribution is 0.305. The Labute approximate surface area is 235 Å². The summed E-state index contributed by atoms with van der Waals surface area (Å²) in [5.41, 5.74) is 10.4. The molecule has 0 fully saturated rings. The van der Waals surface area contributed by atoms with Gasteiger partial charge in [-0.1, -0.05) is 26.2 Å². The Kier molecular flexibility index (Phi) is 10.5. The van der Waals surface area contributed by atoms with Gasteiger partial charge < -0.3 is 10.1 Å². The summed E-state index contributed by atoms with van der Waals surface area (Å²) in [5.74, 6) is 2.21. The van der Waals surface area contributed by atoms with Gasteiger partial charge in [0.05, 0.1) is 18.0 Å². The quantitative estimate of drug-likeness (QED) is 0.0929. The Morgan fingerprint density at radius 1 is 0.725 bits per heavy atom. The van der Waals surface area contributed by atoms with E-state index in [2.05, 4.69) is 53.2 Å². The SMILES string of the molecule is CCCCCCOc1ccc(Nc2nc(NN=C(C)c3ccncc3)cc(NN=C(C)c3ccncc3)n2)cc1. The number of hydrazone groups is 2. The highest BCUT2D eigenvalue weighted by Gasteiger charge is 2.07. The van der Waals surface area contributed by atoms with E-state index in [4.69, 9.17) is 4.74 Å². The molecule has 0 saturated carbocycles. The summed E-state index contributed by atoms with van der Waals surface area (Å²) < 4.78 is 5.86. The minimum absolute atomic E-state index is 0.384. The Hall–Kier alpha value is -4.86. The maximum absolute atomic E-state index is 5.86. The van der Waals surface area contributed by atoms with Gasteiger partial charge in [0.25, 0.3) is 0 Å². The van der Waals surface area contributed by atoms with Crippen LogP contribution in [0.2, 0.25) is 0 Å². The number of pyridine rings is 2. The van der Waals surface area contributed by atoms with Crippen LogP contribution in [0.3, 0.4) is 0 Å². The minimum atomic E-state index is 0.384. The molecule has 3 N–H and O–H groups in total. The molecule has 10 heteroatoms. The van der Waals surface area contributed by atoms with Gasteiger partial charge in [0.1, 0.15) is 5.75 Å². The van der Waals surface area contributed by atoms with E-state index in [0.717, 1.165) is 47.0 Å². The van der Waals surface area contributed by atoms with Crippen molar-refractivity contribution in [3.05, 3.63) is 90.5 Å². The number of hydrogen-bond acceptors (Lipinski definition) is 10. The fraction of sp³-hybridized carbons (Fsp3) is 0.267. The van der Waals surface area contributed by atoms with E-state index in [0.29, 0.717) is 17.6 Å². The molecule has 1 aromatic carbocycles. The summed E-state index contributed by atoms with van der Waals surface area (Å²) >= 11 is 0. The standard InChI is InChI=1S/C30H35N9O/c1-4-5-6-7-20-40-27-10-8-26(9-11-27)33-30-34-28(38-36-22(2)24-12-16-31-17-13-24)21-29(35-30)39-37-23(3)25-14-18-32-19-15-25/h8-19,21H,4-7,20H2,1-3H3,(H3,33,34,35,38,39). The number of nitrogens with one attached hydrogen (secondary N) is 3. The van der Waals surface area contributed by atoms with E-state index in [1.807, 2.05) is 62.4 Å². The number of benzene rings is 1. The van der Waals surface area contributed by atoms with Crippen LogP contribution in [0.1, 0.15) is 57.6 Å². The molecule has 3 heterocycles. The molecule has 4 aromatic rings. The highest BCUT2D eigenvalue weighted by atomic mass is 16.5. The molecule has 0 aliphatic carbocycles. The first kappa shape index (κ1) is 28.2. The van der Waals surface area contributed by atoms with Gasteiger partial charge in [0.2, 0.25) is 5.95 Å². The molecule has 10 nitrogen and oxygen atoms in total. The van der Waals surface area contributed by atoms with Gasteiger partial charge in [-0.15, -0.1) is 0 Å². The van der Waals surface area contributed by atoms with E-state index in [1.165, 1.54) is 19.3 Å². The van der Waals surface area contributed by atoms with Crippen LogP contribution < -0.4 is 20.9 Å². The first-order chi connectivity index (χ1) is 19.6. The molecule has 3 aromatic heterocycles. The molecule has 0 spiro atoms. The highest BCUT2D eigenvalue weighted by molar-refractivity contribution is 5.99. The van der Waals surface area contributed by atoms with Gasteiger partial charge in [-0.2, -0.15) is 20.2 Å². The van der Waals surface area contributed by atoms with Gasteiger partial charge in [-0.05, 0) is 68.8 Å². The number of hydrogen-bond donors (Lipinski definition) is 3. The van der Waals surface area contributed by atoms with Crippen LogP contribution in [0.5, 0.6) is 5.75 Å². The normalized spacial score (nSPS) is 11.7. The van der Waals surface area contributed by atoms with Crippen molar-refractivity contribution in [3.63, 3.8) is 0 Å². The lowest BCUT2D eigenvalue weighted by Crippen LogP contribution is -2.07. The van der Waals surface area contributed by atoms with Crippen LogP contribution in [-0.2, 0) is 0 Å². The van der Waals surface area contributed by atoms with Gasteiger partial charge in [0, 0.05) is 47.7 Å². The summed E-state index contributed by atoms with van der Waals surface area (Å²) in [5, 5.41) is 12.2. The largest absolute Gasteiger partial charge is 0.494 e. The average molecular weight is 538 g/mol. The number of ether oxygens (including phenoxy) is 1. The van der Waals surface area contributed by atoms with E-state index >= 15 is 0 Å². The lowest BCUT2D eigenvalue weighted by atomic mass is 10.2. The third-order valence-electron chi connectivity index (χ3n) is 5.98. The summed E-state index contributed by atoms with van der Waals surface area (Å²) in [7, 11) is 0. The number of rotatable bonds is 14. The predicted octanol–water partition coefficient (Wildman–Crippen LogP) is 6.64. The zero-order valence-corrected chi connectivity index (χ0v) is 23.1. The molecule has 0 aliphatic heterocycles. The molecule has 0 aliphatic rings. The zero-order chi connectivity index (χ0) is 28.0. The van der Waals surface area contributed by atoms with E-state index in [9.17, 15) is 0 Å². The van der Waals surface area contributed by atoms with Gasteiger partial charge in [-0.3, -0.25) is 20.8 Å². The summed E-state index contributed by atoms with van der Waals surface area (Å²) in [6.07, 6.45) is 11.6. The lowest BCUT2D eigenvalue weighted by Gasteiger charge is -2.11. The number of nitrogens with zero attached hydrogens (tertiary/aromatic N) is 6.